The summed E-state index contributed by atoms with van der Waals surface area (Å²) in [5.74, 6) is 0.546. The first-order valence-corrected chi connectivity index (χ1v) is 8.14. The minimum Gasteiger partial charge on any atom is -0.376 e. The minimum absolute atomic E-state index is 0.0395. The molecule has 0 amide bonds. The van der Waals surface area contributed by atoms with Crippen molar-refractivity contribution in [3.05, 3.63) is 72.4 Å². The molecule has 0 aliphatic rings. The van der Waals surface area contributed by atoms with Crippen LogP contribution in [0.4, 0.5) is 15.9 Å². The first-order chi connectivity index (χ1) is 12.0. The van der Waals surface area contributed by atoms with Crippen LogP contribution < -0.4 is 10.2 Å². The predicted molar refractivity (Wildman–Crippen MR) is 100 cm³/mol. The zero-order valence-electron chi connectivity index (χ0n) is 14.6. The number of pyridine rings is 2. The number of benzene rings is 1. The number of hydrogen-bond donors (Lipinski definition) is 1. The smallest absolute Gasteiger partial charge is 0.126 e. The van der Waals surface area contributed by atoms with E-state index in [-0.39, 0.29) is 11.9 Å². The first kappa shape index (κ1) is 16.9. The number of halogens is 1. The molecule has 4 nitrogen and oxygen atoms in total. The van der Waals surface area contributed by atoms with Gasteiger partial charge in [-0.2, -0.15) is 0 Å². The average Bonchev–Trinajstić information content (AvgIpc) is 2.63. The summed E-state index contributed by atoms with van der Waals surface area (Å²) in [6, 6.07) is 12.6. The molecule has 0 aliphatic heterocycles. The van der Waals surface area contributed by atoms with Gasteiger partial charge in [0, 0.05) is 43.7 Å². The molecule has 0 spiro atoms. The average molecular weight is 336 g/mol. The number of anilines is 2. The largest absolute Gasteiger partial charge is 0.376 e. The van der Waals surface area contributed by atoms with Crippen molar-refractivity contribution in [3.8, 4) is 11.1 Å². The highest BCUT2D eigenvalue weighted by Gasteiger charge is 2.07. The van der Waals surface area contributed by atoms with E-state index in [0.717, 1.165) is 28.2 Å². The van der Waals surface area contributed by atoms with E-state index in [9.17, 15) is 4.39 Å². The molecule has 0 unspecified atom stereocenters. The summed E-state index contributed by atoms with van der Waals surface area (Å²) >= 11 is 0. The normalized spacial score (nSPS) is 11.8. The van der Waals surface area contributed by atoms with Crippen molar-refractivity contribution in [2.45, 2.75) is 13.0 Å². The zero-order valence-corrected chi connectivity index (χ0v) is 14.6. The summed E-state index contributed by atoms with van der Waals surface area (Å²) in [6.45, 7) is 2.02. The highest BCUT2D eigenvalue weighted by atomic mass is 19.1. The molecule has 0 saturated heterocycles. The fourth-order valence-corrected chi connectivity index (χ4v) is 2.54. The summed E-state index contributed by atoms with van der Waals surface area (Å²) in [6.07, 6.45) is 5.49. The number of nitrogens with one attached hydrogen (secondary N) is 1. The van der Waals surface area contributed by atoms with E-state index >= 15 is 0 Å². The van der Waals surface area contributed by atoms with Gasteiger partial charge in [0.05, 0.1) is 11.9 Å². The van der Waals surface area contributed by atoms with E-state index in [2.05, 4.69) is 21.4 Å². The van der Waals surface area contributed by atoms with Crippen molar-refractivity contribution in [3.63, 3.8) is 0 Å². The van der Waals surface area contributed by atoms with Crippen LogP contribution in [-0.2, 0) is 0 Å². The molecule has 0 radical (unpaired) electrons. The minimum atomic E-state index is -0.230. The van der Waals surface area contributed by atoms with Crippen LogP contribution in [0.25, 0.3) is 11.1 Å². The molecule has 5 heteroatoms. The van der Waals surface area contributed by atoms with Gasteiger partial charge in [-0.1, -0.05) is 12.1 Å². The monoisotopic (exact) mass is 336 g/mol. The van der Waals surface area contributed by atoms with Gasteiger partial charge in [-0.25, -0.2) is 9.37 Å². The topological polar surface area (TPSA) is 41.1 Å². The van der Waals surface area contributed by atoms with E-state index in [1.165, 1.54) is 12.1 Å². The first-order valence-electron chi connectivity index (χ1n) is 8.14. The lowest BCUT2D eigenvalue weighted by atomic mass is 10.1. The Hall–Kier alpha value is -2.95. The molecule has 3 aromatic rings. The van der Waals surface area contributed by atoms with Crippen LogP contribution in [0, 0.1) is 5.82 Å². The molecule has 3 rings (SSSR count). The predicted octanol–water partition coefficient (Wildman–Crippen LogP) is 4.52. The van der Waals surface area contributed by atoms with Gasteiger partial charge in [-0.05, 0) is 42.8 Å². The third-order valence-electron chi connectivity index (χ3n) is 4.07. The van der Waals surface area contributed by atoms with Crippen molar-refractivity contribution in [1.82, 2.24) is 9.97 Å². The second-order valence-electron chi connectivity index (χ2n) is 6.18. The highest BCUT2D eigenvalue weighted by Crippen LogP contribution is 2.24. The van der Waals surface area contributed by atoms with E-state index < -0.39 is 0 Å². The van der Waals surface area contributed by atoms with E-state index in [1.54, 1.807) is 12.1 Å². The Morgan fingerprint density at radius 2 is 1.72 bits per heavy atom. The third kappa shape index (κ3) is 4.12. The summed E-state index contributed by atoms with van der Waals surface area (Å²) in [4.78, 5) is 10.8. The molecule has 2 heterocycles. The Labute approximate surface area is 147 Å². The molecule has 128 valence electrons. The van der Waals surface area contributed by atoms with Crippen molar-refractivity contribution in [2.24, 2.45) is 0 Å². The van der Waals surface area contributed by atoms with Gasteiger partial charge >= 0.3 is 0 Å². The standard InChI is InChI=1S/C20H21FN4/c1-14(15-4-7-18(21)8-5-15)24-20-9-6-16(12-23-20)17-10-19(25(2)3)13-22-11-17/h4-14H,1-3H3,(H,23,24)/t14-/m1/s1. The lowest BCUT2D eigenvalue weighted by molar-refractivity contribution is 0.626. The van der Waals surface area contributed by atoms with Crippen molar-refractivity contribution in [1.29, 1.82) is 0 Å². The lowest BCUT2D eigenvalue weighted by Gasteiger charge is -2.15. The molecular formula is C20H21FN4. The molecule has 0 saturated carbocycles. The molecular weight excluding hydrogens is 315 g/mol. The van der Waals surface area contributed by atoms with Crippen LogP contribution in [0.1, 0.15) is 18.5 Å². The second kappa shape index (κ2) is 7.30. The Kier molecular flexibility index (Phi) is 4.93. The van der Waals surface area contributed by atoms with Crippen molar-refractivity contribution >= 4 is 11.5 Å². The number of rotatable bonds is 5. The maximum atomic E-state index is 13.0. The van der Waals surface area contributed by atoms with Crippen molar-refractivity contribution in [2.75, 3.05) is 24.3 Å². The van der Waals surface area contributed by atoms with Crippen LogP contribution in [0.2, 0.25) is 0 Å². The number of hydrogen-bond acceptors (Lipinski definition) is 4. The molecule has 1 atom stereocenters. The zero-order chi connectivity index (χ0) is 17.8. The maximum absolute atomic E-state index is 13.0. The molecule has 2 aromatic heterocycles. The number of aromatic nitrogens is 2. The van der Waals surface area contributed by atoms with Crippen LogP contribution >= 0.6 is 0 Å². The van der Waals surface area contributed by atoms with Gasteiger partial charge in [0.25, 0.3) is 0 Å². The van der Waals surface area contributed by atoms with Gasteiger partial charge < -0.3 is 10.2 Å². The molecule has 0 aliphatic carbocycles. The Morgan fingerprint density at radius 1 is 0.960 bits per heavy atom. The fourth-order valence-electron chi connectivity index (χ4n) is 2.54. The van der Waals surface area contributed by atoms with Gasteiger partial charge in [-0.15, -0.1) is 0 Å². The van der Waals surface area contributed by atoms with Gasteiger partial charge in [-0.3, -0.25) is 4.98 Å². The molecule has 0 fully saturated rings. The van der Waals surface area contributed by atoms with Crippen LogP contribution in [-0.4, -0.2) is 24.1 Å². The summed E-state index contributed by atoms with van der Waals surface area (Å²) < 4.78 is 13.0. The summed E-state index contributed by atoms with van der Waals surface area (Å²) in [5, 5.41) is 3.33. The molecule has 1 aromatic carbocycles. The highest BCUT2D eigenvalue weighted by molar-refractivity contribution is 5.67. The SMILES string of the molecule is C[C@@H](Nc1ccc(-c2cncc(N(C)C)c2)cn1)c1ccc(F)cc1. The van der Waals surface area contributed by atoms with E-state index in [1.807, 2.05) is 56.6 Å². The molecule has 0 bridgehead atoms. The Morgan fingerprint density at radius 3 is 2.36 bits per heavy atom. The third-order valence-corrected chi connectivity index (χ3v) is 4.07. The van der Waals surface area contributed by atoms with Gasteiger partial charge in [0.2, 0.25) is 0 Å². The van der Waals surface area contributed by atoms with Crippen LogP contribution in [0.15, 0.2) is 61.1 Å². The summed E-state index contributed by atoms with van der Waals surface area (Å²) in [7, 11) is 3.98. The number of nitrogens with zero attached hydrogens (tertiary/aromatic N) is 3. The Balaban J connectivity index is 1.74. The summed E-state index contributed by atoms with van der Waals surface area (Å²) in [5.41, 5.74) is 4.09. The quantitative estimate of drug-likeness (QED) is 0.744. The van der Waals surface area contributed by atoms with E-state index in [4.69, 9.17) is 0 Å². The van der Waals surface area contributed by atoms with Crippen molar-refractivity contribution < 1.29 is 4.39 Å². The molecule has 1 N–H and O–H groups in total. The van der Waals surface area contributed by atoms with Crippen LogP contribution in [0.3, 0.4) is 0 Å². The Bertz CT molecular complexity index is 829. The van der Waals surface area contributed by atoms with Crippen LogP contribution in [0.5, 0.6) is 0 Å². The second-order valence-corrected chi connectivity index (χ2v) is 6.18. The molecule has 25 heavy (non-hydrogen) atoms. The maximum Gasteiger partial charge on any atom is 0.126 e. The van der Waals surface area contributed by atoms with E-state index in [0.29, 0.717) is 0 Å². The lowest BCUT2D eigenvalue weighted by Crippen LogP contribution is -2.09. The van der Waals surface area contributed by atoms with Gasteiger partial charge in [0.1, 0.15) is 11.6 Å². The van der Waals surface area contributed by atoms with Gasteiger partial charge in [0.15, 0.2) is 0 Å². The fraction of sp³-hybridized carbons (Fsp3) is 0.200.